The first-order valence-corrected chi connectivity index (χ1v) is 7.36. The van der Waals surface area contributed by atoms with Crippen LogP contribution in [0.5, 0.6) is 0 Å². The van der Waals surface area contributed by atoms with Crippen molar-refractivity contribution in [2.45, 2.75) is 43.8 Å². The van der Waals surface area contributed by atoms with Gasteiger partial charge in [-0.2, -0.15) is 0 Å². The summed E-state index contributed by atoms with van der Waals surface area (Å²) in [5.41, 5.74) is 6.50. The summed E-state index contributed by atoms with van der Waals surface area (Å²) >= 11 is 5.90. The van der Waals surface area contributed by atoms with Crippen LogP contribution in [0.1, 0.15) is 42.5 Å². The number of nitrogens with two attached hydrogens (primary N) is 1. The van der Waals surface area contributed by atoms with E-state index in [-0.39, 0.29) is 11.7 Å². The number of benzene rings is 1. The van der Waals surface area contributed by atoms with Crippen LogP contribution < -0.4 is 5.73 Å². The van der Waals surface area contributed by atoms with Gasteiger partial charge in [0.2, 0.25) is 0 Å². The second-order valence-electron chi connectivity index (χ2n) is 5.64. The molecular formula is C15H18ClNO3. The fourth-order valence-corrected chi connectivity index (χ4v) is 3.10. The maximum Gasteiger partial charge on any atom is 0.340 e. The summed E-state index contributed by atoms with van der Waals surface area (Å²) in [7, 11) is 0. The minimum Gasteiger partial charge on any atom is -0.459 e. The minimum atomic E-state index is -0.397. The maximum atomic E-state index is 12.2. The van der Waals surface area contributed by atoms with Crippen LogP contribution in [0.4, 0.5) is 5.69 Å². The molecule has 1 unspecified atom stereocenters. The van der Waals surface area contributed by atoms with Crippen molar-refractivity contribution in [3.63, 3.8) is 0 Å². The Morgan fingerprint density at radius 3 is 2.95 bits per heavy atom. The smallest absolute Gasteiger partial charge is 0.340 e. The van der Waals surface area contributed by atoms with Gasteiger partial charge in [0.1, 0.15) is 6.10 Å². The normalized spacial score (nSPS) is 24.1. The zero-order chi connectivity index (χ0) is 14.2. The SMILES string of the molecule is Nc1ccc(Cl)cc1C(=O)OC1CCOC2(CCC2)C1. The highest BCUT2D eigenvalue weighted by Crippen LogP contribution is 2.43. The van der Waals surface area contributed by atoms with Crippen LogP contribution >= 0.6 is 11.6 Å². The van der Waals surface area contributed by atoms with Crippen LogP contribution in [-0.2, 0) is 9.47 Å². The van der Waals surface area contributed by atoms with E-state index in [2.05, 4.69) is 0 Å². The molecule has 1 aromatic carbocycles. The van der Waals surface area contributed by atoms with Gasteiger partial charge in [-0.15, -0.1) is 0 Å². The summed E-state index contributed by atoms with van der Waals surface area (Å²) in [5.74, 6) is -0.397. The highest BCUT2D eigenvalue weighted by atomic mass is 35.5. The maximum absolute atomic E-state index is 12.2. The van der Waals surface area contributed by atoms with Crippen LogP contribution in [0.25, 0.3) is 0 Å². The molecule has 0 bridgehead atoms. The Kier molecular flexibility index (Phi) is 3.61. The summed E-state index contributed by atoms with van der Waals surface area (Å²) in [5, 5.41) is 0.480. The number of carbonyl (C=O) groups excluding carboxylic acids is 1. The first kappa shape index (κ1) is 13.7. The Morgan fingerprint density at radius 1 is 1.45 bits per heavy atom. The third-order valence-corrected chi connectivity index (χ3v) is 4.46. The molecule has 0 amide bonds. The molecule has 5 heteroatoms. The van der Waals surface area contributed by atoms with E-state index in [0.29, 0.717) is 22.9 Å². The van der Waals surface area contributed by atoms with Crippen molar-refractivity contribution in [3.8, 4) is 0 Å². The van der Waals surface area contributed by atoms with Gasteiger partial charge in [0.15, 0.2) is 0 Å². The van der Waals surface area contributed by atoms with E-state index in [4.69, 9.17) is 26.8 Å². The molecule has 20 heavy (non-hydrogen) atoms. The lowest BCUT2D eigenvalue weighted by atomic mass is 9.74. The molecular weight excluding hydrogens is 278 g/mol. The average Bonchev–Trinajstić information content (AvgIpc) is 2.40. The molecule has 1 saturated heterocycles. The first-order chi connectivity index (χ1) is 9.58. The number of anilines is 1. The number of halogens is 1. The van der Waals surface area contributed by atoms with Gasteiger partial charge in [-0.05, 0) is 37.5 Å². The van der Waals surface area contributed by atoms with Crippen LogP contribution in [0.2, 0.25) is 5.02 Å². The predicted molar refractivity (Wildman–Crippen MR) is 76.8 cm³/mol. The number of ether oxygens (including phenoxy) is 2. The molecule has 1 spiro atoms. The summed E-state index contributed by atoms with van der Waals surface area (Å²) < 4.78 is 11.4. The van der Waals surface area contributed by atoms with Crippen molar-refractivity contribution in [2.24, 2.45) is 0 Å². The molecule has 2 aliphatic rings. The van der Waals surface area contributed by atoms with Crippen molar-refractivity contribution in [3.05, 3.63) is 28.8 Å². The van der Waals surface area contributed by atoms with Crippen molar-refractivity contribution >= 4 is 23.3 Å². The van der Waals surface area contributed by atoms with Gasteiger partial charge in [-0.25, -0.2) is 4.79 Å². The quantitative estimate of drug-likeness (QED) is 0.672. The molecule has 108 valence electrons. The highest BCUT2D eigenvalue weighted by molar-refractivity contribution is 6.31. The third kappa shape index (κ3) is 2.63. The molecule has 1 aliphatic heterocycles. The predicted octanol–water partition coefficient (Wildman–Crippen LogP) is 3.18. The van der Waals surface area contributed by atoms with Crippen LogP contribution in [0.15, 0.2) is 18.2 Å². The number of carbonyl (C=O) groups is 1. The Morgan fingerprint density at radius 2 is 2.25 bits per heavy atom. The van der Waals surface area contributed by atoms with E-state index in [0.717, 1.165) is 25.7 Å². The standard InChI is InChI=1S/C15H18ClNO3/c16-10-2-3-13(17)12(8-10)14(18)20-11-4-7-19-15(9-11)5-1-6-15/h2-3,8,11H,1,4-7,9,17H2. The van der Waals surface area contributed by atoms with Crippen molar-refractivity contribution in [1.82, 2.24) is 0 Å². The summed E-state index contributed by atoms with van der Waals surface area (Å²) in [6.07, 6.45) is 4.78. The molecule has 3 rings (SSSR count). The first-order valence-electron chi connectivity index (χ1n) is 6.98. The summed E-state index contributed by atoms with van der Waals surface area (Å²) in [6.45, 7) is 0.656. The van der Waals surface area contributed by atoms with E-state index in [1.54, 1.807) is 18.2 Å². The van der Waals surface area contributed by atoms with E-state index in [1.165, 1.54) is 6.42 Å². The number of rotatable bonds is 2. The second kappa shape index (κ2) is 5.26. The average molecular weight is 296 g/mol. The number of hydrogen-bond acceptors (Lipinski definition) is 4. The number of nitrogen functional groups attached to an aromatic ring is 1. The van der Waals surface area contributed by atoms with Gasteiger partial charge in [0.05, 0.1) is 17.8 Å². The van der Waals surface area contributed by atoms with Crippen molar-refractivity contribution in [2.75, 3.05) is 12.3 Å². The van der Waals surface area contributed by atoms with Crippen LogP contribution in [0, 0.1) is 0 Å². The minimum absolute atomic E-state index is 0.0386. The molecule has 4 nitrogen and oxygen atoms in total. The number of hydrogen-bond donors (Lipinski definition) is 1. The molecule has 1 aliphatic carbocycles. The molecule has 1 aromatic rings. The highest BCUT2D eigenvalue weighted by Gasteiger charge is 2.43. The largest absolute Gasteiger partial charge is 0.459 e. The second-order valence-corrected chi connectivity index (χ2v) is 6.07. The Bertz CT molecular complexity index is 528. The summed E-state index contributed by atoms with van der Waals surface area (Å²) in [6, 6.07) is 4.83. The lowest BCUT2D eigenvalue weighted by Gasteiger charge is -2.46. The fourth-order valence-electron chi connectivity index (χ4n) is 2.92. The van der Waals surface area contributed by atoms with Gasteiger partial charge >= 0.3 is 5.97 Å². The molecule has 1 saturated carbocycles. The van der Waals surface area contributed by atoms with E-state index in [1.807, 2.05) is 0 Å². The Labute approximate surface area is 123 Å². The van der Waals surface area contributed by atoms with Crippen molar-refractivity contribution in [1.29, 1.82) is 0 Å². The fraction of sp³-hybridized carbons (Fsp3) is 0.533. The molecule has 2 N–H and O–H groups in total. The van der Waals surface area contributed by atoms with Gasteiger partial charge in [0.25, 0.3) is 0 Å². The molecule has 0 radical (unpaired) electrons. The third-order valence-electron chi connectivity index (χ3n) is 4.22. The lowest BCUT2D eigenvalue weighted by molar-refractivity contribution is -0.159. The van der Waals surface area contributed by atoms with Crippen molar-refractivity contribution < 1.29 is 14.3 Å². The zero-order valence-corrected chi connectivity index (χ0v) is 12.0. The van der Waals surface area contributed by atoms with E-state index >= 15 is 0 Å². The zero-order valence-electron chi connectivity index (χ0n) is 11.2. The molecule has 2 fully saturated rings. The lowest BCUT2D eigenvalue weighted by Crippen LogP contribution is -2.48. The number of esters is 1. The van der Waals surface area contributed by atoms with E-state index in [9.17, 15) is 4.79 Å². The Balaban J connectivity index is 1.67. The monoisotopic (exact) mass is 295 g/mol. The topological polar surface area (TPSA) is 61.6 Å². The van der Waals surface area contributed by atoms with Gasteiger partial charge < -0.3 is 15.2 Å². The van der Waals surface area contributed by atoms with Gasteiger partial charge in [-0.3, -0.25) is 0 Å². The van der Waals surface area contributed by atoms with Crippen LogP contribution in [-0.4, -0.2) is 24.3 Å². The van der Waals surface area contributed by atoms with Gasteiger partial charge in [-0.1, -0.05) is 11.6 Å². The molecule has 1 heterocycles. The molecule has 0 aromatic heterocycles. The summed E-state index contributed by atoms with van der Waals surface area (Å²) in [4.78, 5) is 12.2. The molecule has 1 atom stereocenters. The van der Waals surface area contributed by atoms with E-state index < -0.39 is 5.97 Å². The Hall–Kier alpha value is -1.26. The van der Waals surface area contributed by atoms with Gasteiger partial charge in [0, 0.05) is 23.6 Å². The van der Waals surface area contributed by atoms with Crippen LogP contribution in [0.3, 0.4) is 0 Å².